The molecule has 0 saturated heterocycles. The number of benzene rings is 6. The first-order valence-electron chi connectivity index (χ1n) is 13.3. The topological polar surface area (TPSA) is 20.3 Å². The van der Waals surface area contributed by atoms with E-state index in [0.29, 0.717) is 11.1 Å². The van der Waals surface area contributed by atoms with Gasteiger partial charge in [0.2, 0.25) is 0 Å². The van der Waals surface area contributed by atoms with Gasteiger partial charge in [0.1, 0.15) is 5.82 Å². The second-order valence-electron chi connectivity index (χ2n) is 9.88. The fourth-order valence-corrected chi connectivity index (χ4v) is 5.56. The van der Waals surface area contributed by atoms with E-state index in [1.807, 2.05) is 54.6 Å². The predicted molar refractivity (Wildman–Crippen MR) is 161 cm³/mol. The van der Waals surface area contributed by atoms with Gasteiger partial charge in [0.15, 0.2) is 5.78 Å². The van der Waals surface area contributed by atoms with Crippen LogP contribution in [-0.4, -0.2) is 5.78 Å². The lowest BCUT2D eigenvalue weighted by Crippen LogP contribution is -2.13. The lowest BCUT2D eigenvalue weighted by Gasteiger charge is -2.27. The summed E-state index contributed by atoms with van der Waals surface area (Å²) in [7, 11) is 0. The van der Waals surface area contributed by atoms with Crippen molar-refractivity contribution in [1.82, 2.24) is 0 Å². The van der Waals surface area contributed by atoms with Gasteiger partial charge in [-0.15, -0.1) is 0 Å². The van der Waals surface area contributed by atoms with Crippen molar-refractivity contribution in [2.45, 2.75) is 0 Å². The molecule has 0 amide bonds. The fourth-order valence-electron chi connectivity index (χ4n) is 5.56. The highest BCUT2D eigenvalue weighted by Crippen LogP contribution is 2.46. The molecule has 1 aliphatic carbocycles. The third-order valence-corrected chi connectivity index (χ3v) is 7.49. The average molecular weight is 518 g/mol. The van der Waals surface area contributed by atoms with Gasteiger partial charge in [0, 0.05) is 16.9 Å². The smallest absolute Gasteiger partial charge is 0.196 e. The Morgan fingerprint density at radius 2 is 0.975 bits per heavy atom. The van der Waals surface area contributed by atoms with E-state index >= 15 is 0 Å². The minimum Gasteiger partial charge on any atom is -0.310 e. The minimum atomic E-state index is -0.411. The van der Waals surface area contributed by atoms with Crippen LogP contribution in [0.2, 0.25) is 0 Å². The van der Waals surface area contributed by atoms with E-state index in [2.05, 4.69) is 77.7 Å². The molecule has 6 aromatic carbocycles. The molecule has 0 N–H and O–H groups in total. The van der Waals surface area contributed by atoms with Crippen LogP contribution < -0.4 is 4.90 Å². The Labute approximate surface area is 232 Å². The van der Waals surface area contributed by atoms with Crippen LogP contribution >= 0.6 is 0 Å². The Hall–Kier alpha value is -5.28. The summed E-state index contributed by atoms with van der Waals surface area (Å²) in [5, 5.41) is 0. The van der Waals surface area contributed by atoms with Gasteiger partial charge in [0.05, 0.1) is 11.3 Å². The third-order valence-electron chi connectivity index (χ3n) is 7.49. The highest BCUT2D eigenvalue weighted by Gasteiger charge is 2.32. The van der Waals surface area contributed by atoms with Crippen LogP contribution in [0.15, 0.2) is 146 Å². The van der Waals surface area contributed by atoms with Gasteiger partial charge in [-0.2, -0.15) is 0 Å². The van der Waals surface area contributed by atoms with Gasteiger partial charge >= 0.3 is 0 Å². The summed E-state index contributed by atoms with van der Waals surface area (Å²) < 4.78 is 14.1. The molecule has 0 heterocycles. The van der Waals surface area contributed by atoms with Crippen molar-refractivity contribution >= 4 is 22.8 Å². The lowest BCUT2D eigenvalue weighted by molar-refractivity contribution is 0.104. The molecule has 1 aliphatic rings. The van der Waals surface area contributed by atoms with Crippen LogP contribution in [0, 0.1) is 5.82 Å². The number of fused-ring (bicyclic) bond motifs is 3. The molecule has 0 aliphatic heterocycles. The molecule has 6 aromatic rings. The van der Waals surface area contributed by atoms with Crippen LogP contribution in [-0.2, 0) is 0 Å². The lowest BCUT2D eigenvalue weighted by atomic mass is 10.0. The van der Waals surface area contributed by atoms with E-state index in [1.165, 1.54) is 12.1 Å². The molecule has 0 radical (unpaired) electrons. The Morgan fingerprint density at radius 1 is 0.450 bits per heavy atom. The van der Waals surface area contributed by atoms with Gasteiger partial charge in [-0.1, -0.05) is 103 Å². The number of hydrogen-bond donors (Lipinski definition) is 0. The SMILES string of the molecule is O=C1c2cc(F)ccc2-c2cccc(N(c3ccc(-c4ccccc4)cc3)c3ccc(-c4ccccc4)cc3)c21. The summed E-state index contributed by atoms with van der Waals surface area (Å²) in [6.07, 6.45) is 0. The number of ketones is 1. The quantitative estimate of drug-likeness (QED) is 0.226. The highest BCUT2D eigenvalue weighted by atomic mass is 19.1. The van der Waals surface area contributed by atoms with Crippen LogP contribution in [0.3, 0.4) is 0 Å². The number of anilines is 3. The maximum absolute atomic E-state index is 14.1. The van der Waals surface area contributed by atoms with E-state index in [0.717, 1.165) is 50.4 Å². The maximum atomic E-state index is 14.1. The predicted octanol–water partition coefficient (Wildman–Crippen LogP) is 9.84. The number of carbonyl (C=O) groups is 1. The molecule has 0 spiro atoms. The van der Waals surface area contributed by atoms with Gasteiger partial charge in [-0.25, -0.2) is 4.39 Å². The summed E-state index contributed by atoms with van der Waals surface area (Å²) >= 11 is 0. The number of carbonyl (C=O) groups excluding carboxylic acids is 1. The van der Waals surface area contributed by atoms with Crippen molar-refractivity contribution in [3.8, 4) is 33.4 Å². The van der Waals surface area contributed by atoms with E-state index in [4.69, 9.17) is 0 Å². The van der Waals surface area contributed by atoms with Crippen molar-refractivity contribution in [3.63, 3.8) is 0 Å². The van der Waals surface area contributed by atoms with Crippen molar-refractivity contribution in [2.24, 2.45) is 0 Å². The molecule has 40 heavy (non-hydrogen) atoms. The molecule has 2 nitrogen and oxygen atoms in total. The summed E-state index contributed by atoms with van der Waals surface area (Å²) in [5.41, 5.74) is 9.70. The molecule has 0 saturated carbocycles. The molecule has 0 fully saturated rings. The van der Waals surface area contributed by atoms with Crippen LogP contribution in [0.5, 0.6) is 0 Å². The standard InChI is InChI=1S/C37H24FNO/c38-29-18-23-32-33-12-7-13-35(36(33)37(40)34(32)24-29)39(30-19-14-27(15-20-30)25-8-3-1-4-9-25)31-21-16-28(17-22-31)26-10-5-2-6-11-26/h1-24H. The Kier molecular flexibility index (Phi) is 5.83. The monoisotopic (exact) mass is 517 g/mol. The zero-order chi connectivity index (χ0) is 27.1. The largest absolute Gasteiger partial charge is 0.310 e. The second-order valence-corrected chi connectivity index (χ2v) is 9.88. The zero-order valence-electron chi connectivity index (χ0n) is 21.6. The fraction of sp³-hybridized carbons (Fsp3) is 0. The molecule has 0 bridgehead atoms. The van der Waals surface area contributed by atoms with E-state index in [-0.39, 0.29) is 5.78 Å². The third kappa shape index (κ3) is 4.09. The molecule has 0 atom stereocenters. The summed E-state index contributed by atoms with van der Waals surface area (Å²) in [4.78, 5) is 15.8. The molecule has 7 rings (SSSR count). The average Bonchev–Trinajstić information content (AvgIpc) is 3.30. The number of hydrogen-bond acceptors (Lipinski definition) is 2. The van der Waals surface area contributed by atoms with Gasteiger partial charge in [-0.05, 0) is 75.8 Å². The Balaban J connectivity index is 1.38. The normalized spacial score (nSPS) is 11.7. The van der Waals surface area contributed by atoms with Crippen molar-refractivity contribution in [3.05, 3.63) is 163 Å². The maximum Gasteiger partial charge on any atom is 0.196 e. The van der Waals surface area contributed by atoms with E-state index < -0.39 is 5.82 Å². The van der Waals surface area contributed by atoms with Crippen molar-refractivity contribution in [1.29, 1.82) is 0 Å². The first-order chi connectivity index (χ1) is 19.7. The molecular weight excluding hydrogens is 493 g/mol. The first-order valence-corrected chi connectivity index (χ1v) is 13.3. The zero-order valence-corrected chi connectivity index (χ0v) is 21.6. The highest BCUT2D eigenvalue weighted by molar-refractivity contribution is 6.25. The summed E-state index contributed by atoms with van der Waals surface area (Å²) in [6.45, 7) is 0. The van der Waals surface area contributed by atoms with Crippen LogP contribution in [0.25, 0.3) is 33.4 Å². The summed E-state index contributed by atoms with van der Waals surface area (Å²) in [6, 6.07) is 47.6. The van der Waals surface area contributed by atoms with Gasteiger partial charge < -0.3 is 4.90 Å². The Bertz CT molecular complexity index is 1760. The van der Waals surface area contributed by atoms with Crippen molar-refractivity contribution in [2.75, 3.05) is 4.90 Å². The molecule has 3 heteroatoms. The van der Waals surface area contributed by atoms with Crippen LogP contribution in [0.1, 0.15) is 15.9 Å². The second kappa shape index (κ2) is 9.79. The number of halogens is 1. The minimum absolute atomic E-state index is 0.160. The molecule has 0 unspecified atom stereocenters. The van der Waals surface area contributed by atoms with Gasteiger partial charge in [-0.3, -0.25) is 4.79 Å². The molecule has 0 aromatic heterocycles. The van der Waals surface area contributed by atoms with Crippen LogP contribution in [0.4, 0.5) is 21.5 Å². The number of nitrogens with zero attached hydrogens (tertiary/aromatic N) is 1. The Morgan fingerprint density at radius 3 is 1.52 bits per heavy atom. The van der Waals surface area contributed by atoms with E-state index in [1.54, 1.807) is 6.07 Å². The van der Waals surface area contributed by atoms with Gasteiger partial charge in [0.25, 0.3) is 0 Å². The molecular formula is C37H24FNO. The molecule has 190 valence electrons. The van der Waals surface area contributed by atoms with E-state index in [9.17, 15) is 9.18 Å². The first kappa shape index (κ1) is 23.8. The van der Waals surface area contributed by atoms with Crippen molar-refractivity contribution < 1.29 is 9.18 Å². The summed E-state index contributed by atoms with van der Waals surface area (Å²) in [5.74, 6) is -0.571. The number of rotatable bonds is 5.